The summed E-state index contributed by atoms with van der Waals surface area (Å²) < 4.78 is 53.0. The number of aromatic nitrogens is 4. The number of carbonyl (C=O) groups excluding carboxylic acids is 1. The average Bonchev–Trinajstić information content (AvgIpc) is 3.69. The number of benzene rings is 1. The van der Waals surface area contributed by atoms with Gasteiger partial charge in [-0.05, 0) is 12.5 Å². The van der Waals surface area contributed by atoms with Gasteiger partial charge in [0.1, 0.15) is 24.1 Å². The predicted molar refractivity (Wildman–Crippen MR) is 132 cm³/mol. The number of carbonyl (C=O) groups is 1. The van der Waals surface area contributed by atoms with Crippen molar-refractivity contribution in [1.29, 1.82) is 0 Å². The fraction of sp³-hybridized carbons (Fsp3) is 0.280. The molecular weight excluding hydrogens is 502 g/mol. The van der Waals surface area contributed by atoms with Gasteiger partial charge in [0.2, 0.25) is 17.7 Å². The van der Waals surface area contributed by atoms with E-state index in [-0.39, 0.29) is 41.0 Å². The van der Waals surface area contributed by atoms with Crippen LogP contribution in [0.25, 0.3) is 22.4 Å². The number of hydrogen-bond acceptors (Lipinski definition) is 9. The van der Waals surface area contributed by atoms with Crippen molar-refractivity contribution < 1.29 is 32.2 Å². The molecule has 1 saturated heterocycles. The molecule has 2 N–H and O–H groups in total. The second kappa shape index (κ2) is 10.00. The Morgan fingerprint density at radius 3 is 2.63 bits per heavy atom. The van der Waals surface area contributed by atoms with Crippen LogP contribution in [0.3, 0.4) is 0 Å². The first-order valence-corrected chi connectivity index (χ1v) is 11.6. The van der Waals surface area contributed by atoms with E-state index in [1.54, 1.807) is 9.58 Å². The van der Waals surface area contributed by atoms with Gasteiger partial charge in [-0.1, -0.05) is 6.58 Å². The lowest BCUT2D eigenvalue weighted by molar-refractivity contribution is -0.125. The third-order valence-electron chi connectivity index (χ3n) is 6.40. The summed E-state index contributed by atoms with van der Waals surface area (Å²) in [5.41, 5.74) is 6.81. The summed E-state index contributed by atoms with van der Waals surface area (Å²) in [7, 11) is 2.52. The van der Waals surface area contributed by atoms with Crippen molar-refractivity contribution in [2.45, 2.75) is 19.1 Å². The zero-order valence-electron chi connectivity index (χ0n) is 20.6. The van der Waals surface area contributed by atoms with Crippen molar-refractivity contribution in [3.8, 4) is 28.8 Å². The Labute approximate surface area is 215 Å². The van der Waals surface area contributed by atoms with Crippen LogP contribution < -0.4 is 19.9 Å². The first kappa shape index (κ1) is 25.0. The van der Waals surface area contributed by atoms with Crippen LogP contribution in [0, 0.1) is 11.6 Å². The summed E-state index contributed by atoms with van der Waals surface area (Å²) in [6.45, 7) is 3.84. The number of pyridine rings is 1. The van der Waals surface area contributed by atoms with Crippen molar-refractivity contribution in [1.82, 2.24) is 24.6 Å². The number of fused-ring (bicyclic) bond motifs is 1. The minimum Gasteiger partial charge on any atom is -0.494 e. The van der Waals surface area contributed by atoms with Gasteiger partial charge in [0.05, 0.1) is 43.1 Å². The van der Waals surface area contributed by atoms with Gasteiger partial charge in [-0.25, -0.2) is 18.7 Å². The summed E-state index contributed by atoms with van der Waals surface area (Å²) in [5, 5.41) is 4.93. The Bertz CT molecular complexity index is 1490. The van der Waals surface area contributed by atoms with Gasteiger partial charge in [0.25, 0.3) is 0 Å². The van der Waals surface area contributed by atoms with Gasteiger partial charge in [0, 0.05) is 25.4 Å². The molecule has 13 heteroatoms. The van der Waals surface area contributed by atoms with Crippen molar-refractivity contribution in [3.05, 3.63) is 54.6 Å². The van der Waals surface area contributed by atoms with E-state index in [2.05, 4.69) is 21.6 Å². The fourth-order valence-electron chi connectivity index (χ4n) is 4.52. The predicted octanol–water partition coefficient (Wildman–Crippen LogP) is 3.50. The molecule has 11 nitrogen and oxygen atoms in total. The maximum absolute atomic E-state index is 15.0. The van der Waals surface area contributed by atoms with Crippen molar-refractivity contribution >= 4 is 22.6 Å². The van der Waals surface area contributed by atoms with Crippen molar-refractivity contribution in [3.63, 3.8) is 0 Å². The molecule has 0 radical (unpaired) electrons. The third kappa shape index (κ3) is 4.15. The molecule has 5 rings (SSSR count). The summed E-state index contributed by atoms with van der Waals surface area (Å²) in [5.74, 6) is -2.14. The Morgan fingerprint density at radius 1 is 1.26 bits per heavy atom. The molecule has 0 bridgehead atoms. The quantitative estimate of drug-likeness (QED) is 0.343. The Balaban J connectivity index is 1.61. The number of rotatable bonds is 8. The molecule has 0 saturated carbocycles. The first-order valence-electron chi connectivity index (χ1n) is 11.6. The lowest BCUT2D eigenvalue weighted by Gasteiger charge is -2.15. The molecule has 4 aromatic rings. The smallest absolute Gasteiger partial charge is 0.246 e. The number of nitrogens with zero attached hydrogens (tertiary/aromatic N) is 5. The van der Waals surface area contributed by atoms with E-state index in [9.17, 15) is 13.6 Å². The molecule has 1 aliphatic rings. The number of ether oxygens (including phenoxy) is 3. The molecule has 3 aromatic heterocycles. The highest BCUT2D eigenvalue weighted by Crippen LogP contribution is 2.40. The SMILES string of the molecule is C=CC(=O)N1CC[C@H](n2nc(OCc3c(F)c(OC)cc(OC)c3F)c3c(N)ncc(-c4ncco4)c32)C1. The van der Waals surface area contributed by atoms with Crippen LogP contribution in [0.2, 0.25) is 0 Å². The van der Waals surface area contributed by atoms with E-state index in [0.29, 0.717) is 36.0 Å². The number of likely N-dealkylation sites (tertiary alicyclic amines) is 1. The highest BCUT2D eigenvalue weighted by molar-refractivity contribution is 6.01. The number of methoxy groups -OCH3 is 2. The van der Waals surface area contributed by atoms with Crippen LogP contribution in [0.5, 0.6) is 17.4 Å². The van der Waals surface area contributed by atoms with Crippen LogP contribution in [-0.2, 0) is 11.4 Å². The molecule has 1 aromatic carbocycles. The monoisotopic (exact) mass is 526 g/mol. The number of anilines is 1. The molecular formula is C25H24F2N6O5. The van der Waals surface area contributed by atoms with Crippen LogP contribution in [0.15, 0.2) is 41.8 Å². The highest BCUT2D eigenvalue weighted by Gasteiger charge is 2.32. The van der Waals surface area contributed by atoms with E-state index in [0.717, 1.165) is 6.07 Å². The van der Waals surface area contributed by atoms with Crippen molar-refractivity contribution in [2.24, 2.45) is 0 Å². The van der Waals surface area contributed by atoms with Gasteiger partial charge in [-0.3, -0.25) is 9.48 Å². The number of amides is 1. The lowest BCUT2D eigenvalue weighted by Crippen LogP contribution is -2.27. The normalized spacial score (nSPS) is 15.2. The molecule has 0 spiro atoms. The molecule has 0 aliphatic carbocycles. The maximum Gasteiger partial charge on any atom is 0.246 e. The molecule has 1 aliphatic heterocycles. The zero-order chi connectivity index (χ0) is 27.0. The van der Waals surface area contributed by atoms with Gasteiger partial charge in [-0.2, -0.15) is 0 Å². The second-order valence-corrected chi connectivity index (χ2v) is 8.47. The summed E-state index contributed by atoms with van der Waals surface area (Å²) in [4.78, 5) is 22.3. The molecule has 0 unspecified atom stereocenters. The van der Waals surface area contributed by atoms with E-state index < -0.39 is 23.8 Å². The number of nitrogens with two attached hydrogens (primary N) is 1. The molecule has 1 amide bonds. The lowest BCUT2D eigenvalue weighted by atomic mass is 10.1. The van der Waals surface area contributed by atoms with Crippen LogP contribution in [0.1, 0.15) is 18.0 Å². The van der Waals surface area contributed by atoms with Gasteiger partial charge < -0.3 is 29.3 Å². The van der Waals surface area contributed by atoms with E-state index >= 15 is 0 Å². The highest BCUT2D eigenvalue weighted by atomic mass is 19.1. The van der Waals surface area contributed by atoms with Crippen LogP contribution in [-0.4, -0.2) is 57.9 Å². The number of halogens is 2. The van der Waals surface area contributed by atoms with Gasteiger partial charge >= 0.3 is 0 Å². The third-order valence-corrected chi connectivity index (χ3v) is 6.40. The van der Waals surface area contributed by atoms with Crippen LogP contribution >= 0.6 is 0 Å². The molecule has 38 heavy (non-hydrogen) atoms. The first-order chi connectivity index (χ1) is 18.4. The van der Waals surface area contributed by atoms with E-state index in [1.807, 2.05) is 0 Å². The fourth-order valence-corrected chi connectivity index (χ4v) is 4.52. The molecule has 4 heterocycles. The zero-order valence-corrected chi connectivity index (χ0v) is 20.6. The summed E-state index contributed by atoms with van der Waals surface area (Å²) >= 11 is 0. The Hall–Kier alpha value is -4.68. The van der Waals surface area contributed by atoms with Gasteiger partial charge in [-0.15, -0.1) is 5.10 Å². The summed E-state index contributed by atoms with van der Waals surface area (Å²) in [6.07, 6.45) is 6.23. The minimum absolute atomic E-state index is 0.00695. The van der Waals surface area contributed by atoms with Gasteiger partial charge in [0.15, 0.2) is 23.1 Å². The topological polar surface area (TPSA) is 131 Å². The number of oxazole rings is 1. The maximum atomic E-state index is 15.0. The van der Waals surface area contributed by atoms with Crippen molar-refractivity contribution in [2.75, 3.05) is 33.0 Å². The minimum atomic E-state index is -0.935. The number of nitrogen functional groups attached to an aromatic ring is 1. The Kier molecular flexibility index (Phi) is 6.57. The summed E-state index contributed by atoms with van der Waals surface area (Å²) in [6, 6.07) is 0.846. The largest absolute Gasteiger partial charge is 0.494 e. The molecule has 198 valence electrons. The van der Waals surface area contributed by atoms with E-state index in [1.165, 1.54) is 39.0 Å². The van der Waals surface area contributed by atoms with E-state index in [4.69, 9.17) is 24.4 Å². The second-order valence-electron chi connectivity index (χ2n) is 8.47. The number of hydrogen-bond donors (Lipinski definition) is 1. The molecule has 1 fully saturated rings. The molecule has 1 atom stereocenters. The average molecular weight is 527 g/mol. The Morgan fingerprint density at radius 2 is 2.00 bits per heavy atom. The van der Waals surface area contributed by atoms with Crippen LogP contribution in [0.4, 0.5) is 14.6 Å². The standard InChI is InChI=1S/C25H24F2N6O5/c1-4-18(34)32-7-5-13(11-32)33-22-14(24-29-6-8-37-24)10-30-23(28)19(22)25(31-33)38-12-15-20(26)16(35-2)9-17(36-3)21(15)27/h4,6,8-10,13H,1,5,7,11-12H2,2-3H3,(H2,28,30)/t13-/m0/s1.